The molecule has 0 radical (unpaired) electrons. The number of carbonyl (C=O) groups is 2. The molecule has 3 aromatic rings. The zero-order valence-corrected chi connectivity index (χ0v) is 21.1. The molecule has 2 aromatic heterocycles. The first kappa shape index (κ1) is 27.7. The molecule has 0 atom stereocenters. The van der Waals surface area contributed by atoms with Crippen LogP contribution in [0.4, 0.5) is 26.3 Å². The smallest absolute Gasteiger partial charge is 0.349 e. The molecule has 2 N–H and O–H groups in total. The molecular weight excluding hydrogens is 578 g/mol. The summed E-state index contributed by atoms with van der Waals surface area (Å²) in [5.74, 6) is -0.573. The van der Waals surface area contributed by atoms with Crippen molar-refractivity contribution in [2.24, 2.45) is 0 Å². The molecule has 2 amide bonds. The Hall–Kier alpha value is -3.31. The van der Waals surface area contributed by atoms with Gasteiger partial charge in [-0.1, -0.05) is 29.2 Å². The largest absolute Gasteiger partial charge is 0.416 e. The van der Waals surface area contributed by atoms with Gasteiger partial charge in [-0.2, -0.15) is 31.6 Å². The second kappa shape index (κ2) is 10.8. The van der Waals surface area contributed by atoms with Crippen molar-refractivity contribution in [1.82, 2.24) is 30.8 Å². The van der Waals surface area contributed by atoms with Crippen LogP contribution >= 0.6 is 35.3 Å². The molecule has 0 aliphatic carbocycles. The molecule has 0 bridgehead atoms. The standard InChI is InChI=1S/C21H14F6N6O2S3/c22-20(23,24)12-3-10(4-13(6-12)21(25,26)27)11-5-14(37-9-11)7-15-18(35)33(19(36)38-15)2-1-17(34)28-8-16-29-31-32-30-16/h3-7,9H,1-2,8H2,(H,28,34)(H,29,30,31,32)/b15-7-. The van der Waals surface area contributed by atoms with Crippen LogP contribution in [0.3, 0.4) is 0 Å². The van der Waals surface area contributed by atoms with Crippen molar-refractivity contribution < 1.29 is 35.9 Å². The first-order valence-corrected chi connectivity index (χ1v) is 12.5. The second-order valence-electron chi connectivity index (χ2n) is 7.72. The van der Waals surface area contributed by atoms with Gasteiger partial charge in [0, 0.05) is 17.8 Å². The van der Waals surface area contributed by atoms with Crippen LogP contribution in [-0.2, 0) is 28.5 Å². The number of thiophene rings is 1. The lowest BCUT2D eigenvalue weighted by Crippen LogP contribution is -2.33. The predicted octanol–water partition coefficient (Wildman–Crippen LogP) is 4.87. The quantitative estimate of drug-likeness (QED) is 0.229. The molecule has 1 aliphatic rings. The van der Waals surface area contributed by atoms with Crippen LogP contribution in [0.25, 0.3) is 17.2 Å². The number of H-pyrrole nitrogens is 1. The molecule has 3 heterocycles. The molecule has 0 unspecified atom stereocenters. The highest BCUT2D eigenvalue weighted by Gasteiger charge is 2.37. The fourth-order valence-electron chi connectivity index (χ4n) is 3.26. The van der Waals surface area contributed by atoms with Crippen molar-refractivity contribution in [1.29, 1.82) is 0 Å². The van der Waals surface area contributed by atoms with Crippen molar-refractivity contribution >= 4 is 57.5 Å². The third kappa shape index (κ3) is 6.57. The summed E-state index contributed by atoms with van der Waals surface area (Å²) in [5, 5.41) is 17.0. The first-order valence-electron chi connectivity index (χ1n) is 10.4. The number of nitrogens with one attached hydrogen (secondary N) is 2. The first-order chi connectivity index (χ1) is 17.8. The molecule has 38 heavy (non-hydrogen) atoms. The van der Waals surface area contributed by atoms with Gasteiger partial charge in [0.05, 0.1) is 22.6 Å². The Morgan fingerprint density at radius 1 is 1.08 bits per heavy atom. The maximum absolute atomic E-state index is 13.2. The van der Waals surface area contributed by atoms with Gasteiger partial charge in [0.1, 0.15) is 4.32 Å². The van der Waals surface area contributed by atoms with Gasteiger partial charge in [0.2, 0.25) is 5.91 Å². The van der Waals surface area contributed by atoms with Crippen LogP contribution in [0, 0.1) is 0 Å². The van der Waals surface area contributed by atoms with E-state index in [1.165, 1.54) is 22.4 Å². The lowest BCUT2D eigenvalue weighted by atomic mass is 10.0. The predicted molar refractivity (Wildman–Crippen MR) is 130 cm³/mol. The number of halogens is 6. The lowest BCUT2D eigenvalue weighted by molar-refractivity contribution is -0.143. The molecule has 4 rings (SSSR count). The molecule has 200 valence electrons. The van der Waals surface area contributed by atoms with E-state index in [1.54, 1.807) is 0 Å². The number of benzene rings is 1. The van der Waals surface area contributed by atoms with Gasteiger partial charge in [0.25, 0.3) is 5.91 Å². The molecule has 0 spiro atoms. The summed E-state index contributed by atoms with van der Waals surface area (Å²) in [7, 11) is 0. The summed E-state index contributed by atoms with van der Waals surface area (Å²) in [6.45, 7) is 0.0465. The van der Waals surface area contributed by atoms with E-state index in [4.69, 9.17) is 12.2 Å². The van der Waals surface area contributed by atoms with Gasteiger partial charge >= 0.3 is 12.4 Å². The summed E-state index contributed by atoms with van der Waals surface area (Å²) < 4.78 is 79.4. The summed E-state index contributed by atoms with van der Waals surface area (Å²) in [4.78, 5) is 26.7. The van der Waals surface area contributed by atoms with Gasteiger partial charge in [-0.05, 0) is 46.8 Å². The number of aromatic amines is 1. The number of rotatable bonds is 7. The average molecular weight is 593 g/mol. The van der Waals surface area contributed by atoms with Crippen molar-refractivity contribution in [2.75, 3.05) is 6.54 Å². The molecule has 1 saturated heterocycles. The van der Waals surface area contributed by atoms with Crippen molar-refractivity contribution in [3.63, 3.8) is 0 Å². The van der Waals surface area contributed by atoms with E-state index in [2.05, 4.69) is 25.9 Å². The molecular formula is C21H14F6N6O2S3. The number of tetrazole rings is 1. The number of amides is 2. The second-order valence-corrected chi connectivity index (χ2v) is 10.3. The van der Waals surface area contributed by atoms with Crippen molar-refractivity contribution in [2.45, 2.75) is 25.3 Å². The van der Waals surface area contributed by atoms with Crippen LogP contribution in [0.2, 0.25) is 0 Å². The van der Waals surface area contributed by atoms with E-state index in [0.29, 0.717) is 17.0 Å². The van der Waals surface area contributed by atoms with E-state index in [1.807, 2.05) is 0 Å². The van der Waals surface area contributed by atoms with E-state index in [9.17, 15) is 35.9 Å². The van der Waals surface area contributed by atoms with E-state index < -0.39 is 29.4 Å². The van der Waals surface area contributed by atoms with Crippen molar-refractivity contribution in [3.8, 4) is 11.1 Å². The average Bonchev–Trinajstić information content (AvgIpc) is 3.58. The molecule has 1 aromatic carbocycles. The lowest BCUT2D eigenvalue weighted by Gasteiger charge is -2.13. The minimum atomic E-state index is -4.97. The Bertz CT molecular complexity index is 1370. The number of hydrogen-bond acceptors (Lipinski definition) is 8. The van der Waals surface area contributed by atoms with E-state index >= 15 is 0 Å². The van der Waals surface area contributed by atoms with Crippen LogP contribution < -0.4 is 5.32 Å². The van der Waals surface area contributed by atoms with Gasteiger partial charge in [-0.15, -0.1) is 21.5 Å². The van der Waals surface area contributed by atoms with Gasteiger partial charge in [-0.3, -0.25) is 14.5 Å². The highest BCUT2D eigenvalue weighted by molar-refractivity contribution is 8.26. The number of hydrogen-bond donors (Lipinski definition) is 2. The highest BCUT2D eigenvalue weighted by Crippen LogP contribution is 2.40. The molecule has 0 saturated carbocycles. The minimum absolute atomic E-state index is 0.000226. The zero-order valence-electron chi connectivity index (χ0n) is 18.7. The Morgan fingerprint density at radius 2 is 1.76 bits per heavy atom. The summed E-state index contributed by atoms with van der Waals surface area (Å²) in [6, 6.07) is 2.74. The van der Waals surface area contributed by atoms with E-state index in [-0.39, 0.29) is 57.7 Å². The number of carbonyl (C=O) groups excluding carboxylic acids is 2. The number of thioether (sulfide) groups is 1. The van der Waals surface area contributed by atoms with Gasteiger partial charge in [-0.25, -0.2) is 0 Å². The van der Waals surface area contributed by atoms with Crippen LogP contribution in [0.5, 0.6) is 0 Å². The molecule has 8 nitrogen and oxygen atoms in total. The van der Waals surface area contributed by atoms with Crippen molar-refractivity contribution in [3.05, 3.63) is 56.4 Å². The monoisotopic (exact) mass is 592 g/mol. The Kier molecular flexibility index (Phi) is 7.89. The fourth-order valence-corrected chi connectivity index (χ4v) is 5.48. The molecule has 1 fully saturated rings. The zero-order chi connectivity index (χ0) is 27.7. The van der Waals surface area contributed by atoms with Crippen LogP contribution in [0.1, 0.15) is 28.2 Å². The highest BCUT2D eigenvalue weighted by atomic mass is 32.2. The Balaban J connectivity index is 1.46. The maximum Gasteiger partial charge on any atom is 0.416 e. The fraction of sp³-hybridized carbons (Fsp3) is 0.238. The van der Waals surface area contributed by atoms with Crippen LogP contribution in [0.15, 0.2) is 34.6 Å². The Morgan fingerprint density at radius 3 is 2.37 bits per heavy atom. The SMILES string of the molecule is O=C(CCN1C(=O)/C(=C/c2cc(-c3cc(C(F)(F)F)cc(C(F)(F)F)c3)cs2)SC1=S)NCc1nn[nH]n1. The topological polar surface area (TPSA) is 104 Å². The molecule has 1 aliphatic heterocycles. The molecule has 17 heteroatoms. The van der Waals surface area contributed by atoms with Gasteiger partial charge in [0.15, 0.2) is 5.82 Å². The third-order valence-electron chi connectivity index (χ3n) is 5.08. The maximum atomic E-state index is 13.2. The third-order valence-corrected chi connectivity index (χ3v) is 7.34. The minimum Gasteiger partial charge on any atom is -0.349 e. The number of nitrogens with zero attached hydrogens (tertiary/aromatic N) is 4. The number of alkyl halides is 6. The normalized spacial score (nSPS) is 15.5. The number of aromatic nitrogens is 4. The summed E-state index contributed by atoms with van der Waals surface area (Å²) in [5.41, 5.74) is -2.97. The Labute approximate surface area is 223 Å². The van der Waals surface area contributed by atoms with E-state index in [0.717, 1.165) is 23.1 Å². The summed E-state index contributed by atoms with van der Waals surface area (Å²) >= 11 is 7.23. The van der Waals surface area contributed by atoms with Crippen LogP contribution in [-0.4, -0.2) is 48.2 Å². The van der Waals surface area contributed by atoms with Gasteiger partial charge < -0.3 is 5.32 Å². The number of thiocarbonyl (C=S) groups is 1. The summed E-state index contributed by atoms with van der Waals surface area (Å²) in [6.07, 6.45) is -8.54.